The number of nitrogens with zero attached hydrogens (tertiary/aromatic N) is 3. The van der Waals surface area contributed by atoms with Crippen LogP contribution in [0.3, 0.4) is 0 Å². The summed E-state index contributed by atoms with van der Waals surface area (Å²) in [5.41, 5.74) is 4.06. The molecule has 0 saturated carbocycles. The number of aliphatic imine (C=N–C) groups is 2. The highest BCUT2D eigenvalue weighted by atomic mass is 32.1. The van der Waals surface area contributed by atoms with Crippen molar-refractivity contribution in [2.75, 3.05) is 19.8 Å². The lowest BCUT2D eigenvalue weighted by Crippen LogP contribution is -2.25. The molecule has 2 heterocycles. The zero-order valence-electron chi connectivity index (χ0n) is 14.4. The maximum atomic E-state index is 4.82. The van der Waals surface area contributed by atoms with Gasteiger partial charge in [-0.2, -0.15) is 0 Å². The lowest BCUT2D eigenvalue weighted by atomic mass is 10.2. The molecule has 0 spiro atoms. The van der Waals surface area contributed by atoms with Crippen molar-refractivity contribution in [2.45, 2.75) is 19.4 Å². The van der Waals surface area contributed by atoms with Gasteiger partial charge in [-0.3, -0.25) is 15.3 Å². The maximum absolute atomic E-state index is 4.82. The fraction of sp³-hybridized carbons (Fsp3) is 0.300. The van der Waals surface area contributed by atoms with Crippen LogP contribution in [0.15, 0.2) is 64.0 Å². The first-order chi connectivity index (χ1) is 12.3. The minimum Gasteiger partial charge on any atom is -0.370 e. The molecule has 0 bridgehead atoms. The van der Waals surface area contributed by atoms with Crippen LogP contribution in [0.4, 0.5) is 5.69 Å². The van der Waals surface area contributed by atoms with Gasteiger partial charge in [0.25, 0.3) is 0 Å². The van der Waals surface area contributed by atoms with Crippen molar-refractivity contribution >= 4 is 29.5 Å². The van der Waals surface area contributed by atoms with Crippen molar-refractivity contribution in [3.05, 3.63) is 64.5 Å². The molecular weight excluding hydrogens is 328 g/mol. The van der Waals surface area contributed by atoms with Gasteiger partial charge in [0, 0.05) is 19.6 Å². The minimum absolute atomic E-state index is 0.547. The predicted octanol–water partition coefficient (Wildman–Crippen LogP) is 4.23. The van der Waals surface area contributed by atoms with E-state index in [2.05, 4.69) is 52.8 Å². The first-order valence-electron chi connectivity index (χ1n) is 8.57. The highest BCUT2D eigenvalue weighted by Gasteiger charge is 2.21. The van der Waals surface area contributed by atoms with E-state index in [9.17, 15) is 0 Å². The molecule has 2 aromatic rings. The van der Waals surface area contributed by atoms with Gasteiger partial charge in [-0.05, 0) is 36.6 Å². The fourth-order valence-corrected chi connectivity index (χ4v) is 3.85. The lowest BCUT2D eigenvalue weighted by molar-refractivity contribution is 0.449. The summed E-state index contributed by atoms with van der Waals surface area (Å²) < 4.78 is 0. The zero-order valence-corrected chi connectivity index (χ0v) is 15.3. The Morgan fingerprint density at radius 1 is 1.16 bits per heavy atom. The summed E-state index contributed by atoms with van der Waals surface area (Å²) in [6, 6.07) is 12.3. The van der Waals surface area contributed by atoms with Crippen LogP contribution in [0, 0.1) is 0 Å². The third-order valence-corrected chi connectivity index (χ3v) is 5.22. The summed E-state index contributed by atoms with van der Waals surface area (Å²) in [6.07, 6.45) is 2.44. The van der Waals surface area contributed by atoms with E-state index in [0.717, 1.165) is 41.6 Å². The third-order valence-electron chi connectivity index (χ3n) is 4.31. The Hall–Kier alpha value is -2.24. The summed E-state index contributed by atoms with van der Waals surface area (Å²) in [5, 5.41) is 5.42. The van der Waals surface area contributed by atoms with Crippen molar-refractivity contribution in [3.8, 4) is 0 Å². The van der Waals surface area contributed by atoms with Gasteiger partial charge in [0.1, 0.15) is 5.71 Å². The Labute approximate surface area is 153 Å². The topological polar surface area (TPSA) is 40.0 Å². The largest absolute Gasteiger partial charge is 0.370 e. The minimum atomic E-state index is 0.547. The lowest BCUT2D eigenvalue weighted by Gasteiger charge is -2.21. The fourth-order valence-electron chi connectivity index (χ4n) is 2.97. The molecule has 1 saturated heterocycles. The molecule has 1 aromatic heterocycles. The molecule has 4 nitrogen and oxygen atoms in total. The van der Waals surface area contributed by atoms with Crippen LogP contribution >= 0.6 is 11.3 Å². The number of likely N-dealkylation sites (tertiary alicyclic amines) is 1. The van der Waals surface area contributed by atoms with Gasteiger partial charge in [0.15, 0.2) is 0 Å². The predicted molar refractivity (Wildman–Crippen MR) is 108 cm³/mol. The number of nitrogens with one attached hydrogen (secondary N) is 1. The monoisotopic (exact) mass is 352 g/mol. The number of rotatable bonds is 8. The average molecular weight is 353 g/mol. The van der Waals surface area contributed by atoms with Crippen molar-refractivity contribution < 1.29 is 0 Å². The van der Waals surface area contributed by atoms with E-state index < -0.39 is 0 Å². The van der Waals surface area contributed by atoms with Crippen LogP contribution in [0.1, 0.15) is 23.3 Å². The number of allylic oxidation sites excluding steroid dienone is 1. The van der Waals surface area contributed by atoms with Crippen molar-refractivity contribution in [1.29, 1.82) is 0 Å². The first-order valence-corrected chi connectivity index (χ1v) is 9.45. The van der Waals surface area contributed by atoms with E-state index in [4.69, 9.17) is 4.99 Å². The quantitative estimate of drug-likeness (QED) is 0.570. The van der Waals surface area contributed by atoms with Gasteiger partial charge in [0.2, 0.25) is 0 Å². The average Bonchev–Trinajstić information content (AvgIpc) is 3.34. The Bertz CT molecular complexity index is 742. The Balaban J connectivity index is 1.73. The molecule has 1 aliphatic heterocycles. The van der Waals surface area contributed by atoms with E-state index in [0.29, 0.717) is 6.67 Å². The van der Waals surface area contributed by atoms with Crippen LogP contribution in [0.25, 0.3) is 0 Å². The van der Waals surface area contributed by atoms with Crippen molar-refractivity contribution in [3.63, 3.8) is 0 Å². The van der Waals surface area contributed by atoms with Crippen LogP contribution < -0.4 is 5.32 Å². The number of benzene rings is 1. The zero-order chi connectivity index (χ0) is 17.5. The molecular formula is C20H24N4S. The molecule has 0 aliphatic carbocycles. The molecule has 5 heteroatoms. The second-order valence-corrected chi connectivity index (χ2v) is 6.93. The van der Waals surface area contributed by atoms with E-state index in [1.165, 1.54) is 18.4 Å². The van der Waals surface area contributed by atoms with Gasteiger partial charge in [-0.25, -0.2) is 0 Å². The molecule has 1 N–H and O–H groups in total. The summed E-state index contributed by atoms with van der Waals surface area (Å²) in [4.78, 5) is 12.3. The molecule has 25 heavy (non-hydrogen) atoms. The van der Waals surface area contributed by atoms with Gasteiger partial charge in [-0.15, -0.1) is 11.3 Å². The van der Waals surface area contributed by atoms with E-state index in [1.807, 2.05) is 17.5 Å². The molecule has 3 rings (SSSR count). The third kappa shape index (κ3) is 4.44. The van der Waals surface area contributed by atoms with E-state index in [1.54, 1.807) is 11.3 Å². The second-order valence-electron chi connectivity index (χ2n) is 6.01. The molecule has 1 fully saturated rings. The highest BCUT2D eigenvalue weighted by molar-refractivity contribution is 7.13. The van der Waals surface area contributed by atoms with Crippen LogP contribution in [-0.2, 0) is 6.54 Å². The van der Waals surface area contributed by atoms with Crippen molar-refractivity contribution in [2.24, 2.45) is 9.98 Å². The number of hydrogen-bond donors (Lipinski definition) is 1. The van der Waals surface area contributed by atoms with Gasteiger partial charge < -0.3 is 4.90 Å². The normalized spacial score (nSPS) is 14.7. The summed E-state index contributed by atoms with van der Waals surface area (Å²) in [6.45, 7) is 11.4. The molecule has 0 radical (unpaired) electrons. The molecule has 0 amide bonds. The van der Waals surface area contributed by atoms with Crippen molar-refractivity contribution in [1.82, 2.24) is 10.2 Å². The SMILES string of the molecule is C=Nc1ccsc1/C(=N\CNCc1ccccc1)C(=C)N1CCCC1. The van der Waals surface area contributed by atoms with Gasteiger partial charge >= 0.3 is 0 Å². The second kappa shape index (κ2) is 8.74. The van der Waals surface area contributed by atoms with E-state index in [-0.39, 0.29) is 0 Å². The van der Waals surface area contributed by atoms with Gasteiger partial charge in [0.05, 0.1) is 22.9 Å². The standard InChI is InChI=1S/C20H24N4S/c1-16(24-11-6-7-12-24)19(20-18(21-2)10-13-25-20)23-15-22-14-17-8-4-3-5-9-17/h3-5,8-10,13,22H,1-2,6-7,11-12,14-15H2/b23-19-. The number of hydrogen-bond acceptors (Lipinski definition) is 5. The Morgan fingerprint density at radius 3 is 2.64 bits per heavy atom. The van der Waals surface area contributed by atoms with Gasteiger partial charge in [-0.1, -0.05) is 36.9 Å². The first kappa shape index (κ1) is 17.6. The smallest absolute Gasteiger partial charge is 0.101 e. The maximum Gasteiger partial charge on any atom is 0.101 e. The molecule has 1 aromatic carbocycles. The molecule has 0 atom stereocenters. The summed E-state index contributed by atoms with van der Waals surface area (Å²) in [7, 11) is 0. The van der Waals surface area contributed by atoms with Crippen LogP contribution in [0.5, 0.6) is 0 Å². The van der Waals surface area contributed by atoms with Crippen LogP contribution in [-0.4, -0.2) is 37.1 Å². The summed E-state index contributed by atoms with van der Waals surface area (Å²) in [5.74, 6) is 0. The molecule has 1 aliphatic rings. The Morgan fingerprint density at radius 2 is 1.92 bits per heavy atom. The summed E-state index contributed by atoms with van der Waals surface area (Å²) >= 11 is 1.64. The molecule has 130 valence electrons. The van der Waals surface area contributed by atoms with Crippen LogP contribution in [0.2, 0.25) is 0 Å². The van der Waals surface area contributed by atoms with E-state index >= 15 is 0 Å². The molecule has 0 unspecified atom stereocenters. The Kier molecular flexibility index (Phi) is 6.14. The highest BCUT2D eigenvalue weighted by Crippen LogP contribution is 2.29. The number of thiophene rings is 1.